The zero-order chi connectivity index (χ0) is 20.4. The highest BCUT2D eigenvalue weighted by Gasteiger charge is 2.27. The van der Waals surface area contributed by atoms with Crippen LogP contribution in [0.4, 0.5) is 27.6 Å². The molecule has 0 atom stereocenters. The maximum Gasteiger partial charge on any atom is 0.265 e. The third kappa shape index (κ3) is 4.10. The van der Waals surface area contributed by atoms with Crippen molar-refractivity contribution in [3.63, 3.8) is 0 Å². The van der Waals surface area contributed by atoms with Gasteiger partial charge in [-0.1, -0.05) is 11.6 Å². The molecule has 0 spiro atoms. The van der Waals surface area contributed by atoms with E-state index in [0.29, 0.717) is 16.3 Å². The van der Waals surface area contributed by atoms with Gasteiger partial charge in [-0.2, -0.15) is 0 Å². The van der Waals surface area contributed by atoms with E-state index in [-0.39, 0.29) is 11.5 Å². The van der Waals surface area contributed by atoms with Crippen LogP contribution in [0.25, 0.3) is 0 Å². The lowest BCUT2D eigenvalue weighted by atomic mass is 10.2. The normalized spacial score (nSPS) is 10.8. The van der Waals surface area contributed by atoms with Crippen LogP contribution in [0.1, 0.15) is 15.2 Å². The minimum atomic E-state index is -2.30. The highest BCUT2D eigenvalue weighted by molar-refractivity contribution is 7.12. The van der Waals surface area contributed by atoms with Crippen molar-refractivity contribution in [3.8, 4) is 5.75 Å². The van der Waals surface area contributed by atoms with Gasteiger partial charge >= 0.3 is 0 Å². The molecule has 3 aromatic rings. The van der Waals surface area contributed by atoms with Crippen molar-refractivity contribution in [3.05, 3.63) is 80.3 Å². The minimum absolute atomic E-state index is 0.00125. The summed E-state index contributed by atoms with van der Waals surface area (Å²) in [7, 11) is 0. The van der Waals surface area contributed by atoms with Crippen LogP contribution >= 0.6 is 22.9 Å². The molecule has 0 aliphatic rings. The number of hydrogen-bond donors (Lipinski definition) is 1. The molecule has 0 saturated heterocycles. The lowest BCUT2D eigenvalue weighted by Crippen LogP contribution is -2.16. The van der Waals surface area contributed by atoms with E-state index in [1.54, 1.807) is 35.0 Å². The summed E-state index contributed by atoms with van der Waals surface area (Å²) in [5.74, 6) is -11.3. The molecule has 1 heterocycles. The van der Waals surface area contributed by atoms with Crippen LogP contribution in [0, 0.1) is 29.1 Å². The molecule has 0 aliphatic heterocycles. The minimum Gasteiger partial charge on any atom is -0.489 e. The first-order valence-corrected chi connectivity index (χ1v) is 8.82. The quantitative estimate of drug-likeness (QED) is 0.308. The molecule has 1 aromatic heterocycles. The van der Waals surface area contributed by atoms with Gasteiger partial charge in [-0.25, -0.2) is 22.0 Å². The second kappa shape index (κ2) is 8.15. The van der Waals surface area contributed by atoms with Crippen LogP contribution in [0.5, 0.6) is 5.75 Å². The smallest absolute Gasteiger partial charge is 0.265 e. The standard InChI is InChI=1S/C18H9ClF5NO2S/c19-9-1-3-10(4-2-9)27-6-8-5-11(28-7-8)18(26)25-17-15(23)13(21)12(20)14(22)16(17)24/h1-5,7H,6H2,(H,25,26). The van der Waals surface area contributed by atoms with Gasteiger partial charge in [0.05, 0.1) is 4.88 Å². The Kier molecular flexibility index (Phi) is 5.85. The van der Waals surface area contributed by atoms with Crippen molar-refractivity contribution in [2.24, 2.45) is 0 Å². The Labute approximate surface area is 164 Å². The SMILES string of the molecule is O=C(Nc1c(F)c(F)c(F)c(F)c1F)c1cc(COc2ccc(Cl)cc2)cs1. The molecule has 146 valence electrons. The van der Waals surface area contributed by atoms with Crippen molar-refractivity contribution < 1.29 is 31.5 Å². The van der Waals surface area contributed by atoms with Crippen LogP contribution < -0.4 is 10.1 Å². The van der Waals surface area contributed by atoms with Crippen molar-refractivity contribution in [1.29, 1.82) is 0 Å². The summed E-state index contributed by atoms with van der Waals surface area (Å²) < 4.78 is 72.3. The molecule has 0 unspecified atom stereocenters. The van der Waals surface area contributed by atoms with Gasteiger partial charge in [0.1, 0.15) is 18.0 Å². The molecular weight excluding hydrogens is 425 g/mol. The first kappa shape index (κ1) is 20.1. The average molecular weight is 434 g/mol. The molecule has 1 amide bonds. The molecule has 0 saturated carbocycles. The molecule has 28 heavy (non-hydrogen) atoms. The molecule has 3 rings (SSSR count). The number of hydrogen-bond acceptors (Lipinski definition) is 3. The Morgan fingerprint density at radius 3 is 2.14 bits per heavy atom. The summed E-state index contributed by atoms with van der Waals surface area (Å²) in [4.78, 5) is 12.1. The largest absolute Gasteiger partial charge is 0.489 e. The fraction of sp³-hybridized carbons (Fsp3) is 0.0556. The molecule has 0 aliphatic carbocycles. The summed E-state index contributed by atoms with van der Waals surface area (Å²) in [6, 6.07) is 7.93. The number of ether oxygens (including phenoxy) is 1. The van der Waals surface area contributed by atoms with Crippen molar-refractivity contribution in [1.82, 2.24) is 0 Å². The fourth-order valence-corrected chi connectivity index (χ4v) is 3.08. The predicted octanol–water partition coefficient (Wildman–Crippen LogP) is 5.93. The van der Waals surface area contributed by atoms with Gasteiger partial charge in [0.15, 0.2) is 23.3 Å². The maximum atomic E-state index is 13.7. The van der Waals surface area contributed by atoms with E-state index in [2.05, 4.69) is 0 Å². The monoisotopic (exact) mass is 433 g/mol. The van der Waals surface area contributed by atoms with E-state index < -0.39 is 40.7 Å². The number of carbonyl (C=O) groups excluding carboxylic acids is 1. The van der Waals surface area contributed by atoms with Crippen LogP contribution in [-0.2, 0) is 6.61 Å². The molecule has 0 fully saturated rings. The fourth-order valence-electron chi connectivity index (χ4n) is 2.16. The maximum absolute atomic E-state index is 13.7. The van der Waals surface area contributed by atoms with Crippen molar-refractivity contribution >= 4 is 34.5 Å². The van der Waals surface area contributed by atoms with Crippen molar-refractivity contribution in [2.45, 2.75) is 6.61 Å². The summed E-state index contributed by atoms with van der Waals surface area (Å²) in [5.41, 5.74) is -0.837. The summed E-state index contributed by atoms with van der Waals surface area (Å²) in [5, 5.41) is 3.81. The van der Waals surface area contributed by atoms with E-state index in [0.717, 1.165) is 11.3 Å². The Balaban J connectivity index is 1.72. The zero-order valence-electron chi connectivity index (χ0n) is 13.7. The Morgan fingerprint density at radius 2 is 1.54 bits per heavy atom. The van der Waals surface area contributed by atoms with Gasteiger partial charge in [0.25, 0.3) is 5.91 Å². The van der Waals surface area contributed by atoms with E-state index >= 15 is 0 Å². The van der Waals surface area contributed by atoms with Gasteiger partial charge in [0.2, 0.25) is 5.82 Å². The van der Waals surface area contributed by atoms with Gasteiger partial charge < -0.3 is 10.1 Å². The third-order valence-electron chi connectivity index (χ3n) is 3.55. The number of halogens is 6. The summed E-state index contributed by atoms with van der Waals surface area (Å²) in [6.45, 7) is 0.0912. The van der Waals surface area contributed by atoms with E-state index in [1.165, 1.54) is 6.07 Å². The van der Waals surface area contributed by atoms with E-state index in [9.17, 15) is 26.7 Å². The van der Waals surface area contributed by atoms with Gasteiger partial charge in [-0.05, 0) is 35.7 Å². The lowest BCUT2D eigenvalue weighted by molar-refractivity contribution is 0.102. The number of rotatable bonds is 5. The Bertz CT molecular complexity index is 1010. The van der Waals surface area contributed by atoms with Crippen LogP contribution in [0.15, 0.2) is 35.7 Å². The number of nitrogens with one attached hydrogen (secondary N) is 1. The predicted molar refractivity (Wildman–Crippen MR) is 94.3 cm³/mol. The highest BCUT2D eigenvalue weighted by atomic mass is 35.5. The van der Waals surface area contributed by atoms with Crippen LogP contribution in [-0.4, -0.2) is 5.91 Å². The molecule has 1 N–H and O–H groups in total. The van der Waals surface area contributed by atoms with Crippen LogP contribution in [0.2, 0.25) is 5.02 Å². The van der Waals surface area contributed by atoms with E-state index in [4.69, 9.17) is 16.3 Å². The lowest BCUT2D eigenvalue weighted by Gasteiger charge is -2.09. The molecular formula is C18H9ClF5NO2S. The summed E-state index contributed by atoms with van der Waals surface area (Å²) in [6.07, 6.45) is 0. The van der Waals surface area contributed by atoms with Crippen LogP contribution in [0.3, 0.4) is 0 Å². The molecule has 10 heteroatoms. The number of thiophene rings is 1. The first-order valence-electron chi connectivity index (χ1n) is 7.56. The first-order chi connectivity index (χ1) is 13.3. The van der Waals surface area contributed by atoms with Gasteiger partial charge in [0, 0.05) is 10.6 Å². The molecule has 2 aromatic carbocycles. The summed E-state index contributed by atoms with van der Waals surface area (Å²) >= 11 is 6.68. The second-order valence-corrected chi connectivity index (χ2v) is 6.81. The molecule has 0 radical (unpaired) electrons. The zero-order valence-corrected chi connectivity index (χ0v) is 15.2. The highest BCUT2D eigenvalue weighted by Crippen LogP contribution is 2.28. The number of carbonyl (C=O) groups is 1. The number of amides is 1. The second-order valence-electron chi connectivity index (χ2n) is 5.46. The van der Waals surface area contributed by atoms with Gasteiger partial charge in [-0.15, -0.1) is 11.3 Å². The van der Waals surface area contributed by atoms with Crippen molar-refractivity contribution in [2.75, 3.05) is 5.32 Å². The van der Waals surface area contributed by atoms with Gasteiger partial charge in [-0.3, -0.25) is 4.79 Å². The van der Waals surface area contributed by atoms with E-state index in [1.807, 2.05) is 0 Å². The Hall–Kier alpha value is -2.65. The average Bonchev–Trinajstić information content (AvgIpc) is 3.17. The Morgan fingerprint density at radius 1 is 0.964 bits per heavy atom. The molecule has 0 bridgehead atoms. The molecule has 3 nitrogen and oxygen atoms in total. The number of anilines is 1. The third-order valence-corrected chi connectivity index (χ3v) is 4.77. The topological polar surface area (TPSA) is 38.3 Å². The number of benzene rings is 2.